The van der Waals surface area contributed by atoms with Gasteiger partial charge in [0.1, 0.15) is 0 Å². The summed E-state index contributed by atoms with van der Waals surface area (Å²) < 4.78 is 26.8. The first-order valence-corrected chi connectivity index (χ1v) is 10.3. The number of piperidine rings is 1. The molecule has 1 N–H and O–H groups in total. The van der Waals surface area contributed by atoms with Crippen LogP contribution in [0.15, 0.2) is 53.4 Å². The van der Waals surface area contributed by atoms with E-state index in [0.717, 1.165) is 11.1 Å². The van der Waals surface area contributed by atoms with Crippen molar-refractivity contribution in [2.24, 2.45) is 0 Å². The Labute approximate surface area is 155 Å². The van der Waals surface area contributed by atoms with E-state index >= 15 is 0 Å². The highest BCUT2D eigenvalue weighted by atomic mass is 32.2. The summed E-state index contributed by atoms with van der Waals surface area (Å²) in [6.45, 7) is 4.82. The number of benzene rings is 2. The van der Waals surface area contributed by atoms with Crippen LogP contribution in [0.5, 0.6) is 0 Å². The molecule has 1 aliphatic heterocycles. The third kappa shape index (κ3) is 3.97. The van der Waals surface area contributed by atoms with Gasteiger partial charge in [0.25, 0.3) is 5.91 Å². The first-order chi connectivity index (χ1) is 12.4. The Bertz CT molecular complexity index is 887. The maximum Gasteiger partial charge on any atom is 0.251 e. The molecule has 0 unspecified atom stereocenters. The van der Waals surface area contributed by atoms with Crippen LogP contribution < -0.4 is 5.32 Å². The molecule has 3 rings (SSSR count). The summed E-state index contributed by atoms with van der Waals surface area (Å²) in [7, 11) is -3.46. The first-order valence-electron chi connectivity index (χ1n) is 8.81. The van der Waals surface area contributed by atoms with Crippen molar-refractivity contribution in [3.05, 3.63) is 65.2 Å². The molecule has 1 saturated heterocycles. The summed E-state index contributed by atoms with van der Waals surface area (Å²) in [4.78, 5) is 12.8. The number of amides is 1. The van der Waals surface area contributed by atoms with Crippen molar-refractivity contribution >= 4 is 15.9 Å². The third-order valence-electron chi connectivity index (χ3n) is 4.94. The van der Waals surface area contributed by atoms with Crippen molar-refractivity contribution in [2.45, 2.75) is 37.6 Å². The molecule has 1 aliphatic rings. The van der Waals surface area contributed by atoms with E-state index in [4.69, 9.17) is 0 Å². The molecule has 0 radical (unpaired) electrons. The number of carbonyl (C=O) groups excluding carboxylic acids is 1. The van der Waals surface area contributed by atoms with Crippen LogP contribution in [0.3, 0.4) is 0 Å². The molecular formula is C20H24N2O3S. The Kier molecular flexibility index (Phi) is 5.44. The summed E-state index contributed by atoms with van der Waals surface area (Å²) in [5.41, 5.74) is 2.88. The van der Waals surface area contributed by atoms with Crippen LogP contribution in [0.1, 0.15) is 34.3 Å². The minimum Gasteiger partial charge on any atom is -0.349 e. The minimum absolute atomic E-state index is 0.00803. The normalized spacial score (nSPS) is 16.4. The lowest BCUT2D eigenvalue weighted by molar-refractivity contribution is 0.0923. The van der Waals surface area contributed by atoms with Crippen molar-refractivity contribution < 1.29 is 13.2 Å². The molecule has 0 saturated carbocycles. The summed E-state index contributed by atoms with van der Waals surface area (Å²) >= 11 is 0. The highest BCUT2D eigenvalue weighted by molar-refractivity contribution is 7.89. The molecule has 6 heteroatoms. The first kappa shape index (κ1) is 18.6. The van der Waals surface area contributed by atoms with E-state index in [2.05, 4.69) is 5.32 Å². The van der Waals surface area contributed by atoms with E-state index in [0.29, 0.717) is 36.4 Å². The smallest absolute Gasteiger partial charge is 0.251 e. The predicted molar refractivity (Wildman–Crippen MR) is 102 cm³/mol. The monoisotopic (exact) mass is 372 g/mol. The van der Waals surface area contributed by atoms with E-state index in [-0.39, 0.29) is 11.9 Å². The summed E-state index contributed by atoms with van der Waals surface area (Å²) in [5, 5.41) is 3.03. The fourth-order valence-corrected chi connectivity index (χ4v) is 4.62. The van der Waals surface area contributed by atoms with Gasteiger partial charge in [0.2, 0.25) is 10.0 Å². The lowest BCUT2D eigenvalue weighted by Crippen LogP contribution is -2.46. The molecule has 1 amide bonds. The standard InChI is InChI=1S/C20H24N2O3S/c1-15-8-9-17(14-16(15)2)20(23)21-18-10-12-22(13-11-18)26(24,25)19-6-4-3-5-7-19/h3-9,14,18H,10-13H2,1-2H3,(H,21,23). The fourth-order valence-electron chi connectivity index (χ4n) is 3.13. The lowest BCUT2D eigenvalue weighted by atomic mass is 10.0. The number of carbonyl (C=O) groups is 1. The number of nitrogens with zero attached hydrogens (tertiary/aromatic N) is 1. The van der Waals surface area contributed by atoms with Crippen LogP contribution in [0.2, 0.25) is 0 Å². The van der Waals surface area contributed by atoms with Gasteiger partial charge in [-0.15, -0.1) is 0 Å². The third-order valence-corrected chi connectivity index (χ3v) is 6.85. The molecule has 138 valence electrons. The molecule has 1 fully saturated rings. The summed E-state index contributed by atoms with van der Waals surface area (Å²) in [6, 6.07) is 14.1. The van der Waals surface area contributed by atoms with Crippen molar-refractivity contribution in [2.75, 3.05) is 13.1 Å². The Morgan fingerprint density at radius 3 is 2.27 bits per heavy atom. The van der Waals surface area contributed by atoms with Gasteiger partial charge >= 0.3 is 0 Å². The Morgan fingerprint density at radius 2 is 1.65 bits per heavy atom. The SMILES string of the molecule is Cc1ccc(C(=O)NC2CCN(S(=O)(=O)c3ccccc3)CC2)cc1C. The number of sulfonamides is 1. The molecule has 0 aliphatic carbocycles. The van der Waals surface area contributed by atoms with Crippen molar-refractivity contribution in [1.82, 2.24) is 9.62 Å². The molecule has 2 aromatic carbocycles. The molecule has 5 nitrogen and oxygen atoms in total. The average Bonchev–Trinajstić information content (AvgIpc) is 2.65. The van der Waals surface area contributed by atoms with Crippen LogP contribution in [0.4, 0.5) is 0 Å². The Morgan fingerprint density at radius 1 is 1.00 bits per heavy atom. The van der Waals surface area contributed by atoms with Crippen LogP contribution in [-0.4, -0.2) is 37.8 Å². The molecule has 0 atom stereocenters. The maximum atomic E-state index is 12.6. The van der Waals surface area contributed by atoms with Gasteiger partial charge in [0.15, 0.2) is 0 Å². The maximum absolute atomic E-state index is 12.6. The van der Waals surface area contributed by atoms with Crippen molar-refractivity contribution in [3.8, 4) is 0 Å². The second-order valence-corrected chi connectivity index (χ2v) is 8.70. The zero-order valence-corrected chi connectivity index (χ0v) is 15.9. The quantitative estimate of drug-likeness (QED) is 0.897. The van der Waals surface area contributed by atoms with E-state index < -0.39 is 10.0 Å². The Hall–Kier alpha value is -2.18. The highest BCUT2D eigenvalue weighted by Crippen LogP contribution is 2.21. The van der Waals surface area contributed by atoms with Crippen LogP contribution in [0.25, 0.3) is 0 Å². The minimum atomic E-state index is -3.46. The highest BCUT2D eigenvalue weighted by Gasteiger charge is 2.29. The van der Waals surface area contributed by atoms with Gasteiger partial charge in [0.05, 0.1) is 4.90 Å². The summed E-state index contributed by atoms with van der Waals surface area (Å²) in [6.07, 6.45) is 1.23. The zero-order valence-electron chi connectivity index (χ0n) is 15.1. The van der Waals surface area contributed by atoms with Crippen molar-refractivity contribution in [3.63, 3.8) is 0 Å². The molecule has 0 bridgehead atoms. The van der Waals surface area contributed by atoms with Gasteiger partial charge in [-0.1, -0.05) is 24.3 Å². The Balaban J connectivity index is 1.60. The topological polar surface area (TPSA) is 66.5 Å². The van der Waals surface area contributed by atoms with Crippen LogP contribution in [-0.2, 0) is 10.0 Å². The van der Waals surface area contributed by atoms with Gasteiger partial charge in [-0.05, 0) is 62.1 Å². The van der Waals surface area contributed by atoms with Gasteiger partial charge in [-0.25, -0.2) is 8.42 Å². The van der Waals surface area contributed by atoms with E-state index in [9.17, 15) is 13.2 Å². The van der Waals surface area contributed by atoms with Gasteiger partial charge in [-0.2, -0.15) is 4.31 Å². The van der Waals surface area contributed by atoms with Crippen LogP contribution >= 0.6 is 0 Å². The second kappa shape index (κ2) is 7.60. The second-order valence-electron chi connectivity index (χ2n) is 6.76. The lowest BCUT2D eigenvalue weighted by Gasteiger charge is -2.31. The number of rotatable bonds is 4. The molecule has 0 spiro atoms. The zero-order chi connectivity index (χ0) is 18.7. The number of hydrogen-bond donors (Lipinski definition) is 1. The summed E-state index contributed by atoms with van der Waals surface area (Å²) in [5.74, 6) is -0.0996. The van der Waals surface area contributed by atoms with E-state index in [1.807, 2.05) is 32.0 Å². The molecule has 2 aromatic rings. The van der Waals surface area contributed by atoms with Gasteiger partial charge < -0.3 is 5.32 Å². The van der Waals surface area contributed by atoms with Gasteiger partial charge in [0, 0.05) is 24.7 Å². The average molecular weight is 372 g/mol. The number of nitrogens with one attached hydrogen (secondary N) is 1. The molecule has 0 aromatic heterocycles. The molecule has 1 heterocycles. The fraction of sp³-hybridized carbons (Fsp3) is 0.350. The largest absolute Gasteiger partial charge is 0.349 e. The predicted octanol–water partition coefficient (Wildman–Crippen LogP) is 2.89. The van der Waals surface area contributed by atoms with Crippen molar-refractivity contribution in [1.29, 1.82) is 0 Å². The number of hydrogen-bond acceptors (Lipinski definition) is 3. The molecular weight excluding hydrogens is 348 g/mol. The molecule has 26 heavy (non-hydrogen) atoms. The van der Waals surface area contributed by atoms with E-state index in [1.54, 1.807) is 30.3 Å². The van der Waals surface area contributed by atoms with Gasteiger partial charge in [-0.3, -0.25) is 4.79 Å². The van der Waals surface area contributed by atoms with E-state index in [1.165, 1.54) is 4.31 Å². The van der Waals surface area contributed by atoms with Crippen LogP contribution in [0, 0.1) is 13.8 Å². The number of aryl methyl sites for hydroxylation is 2.